The van der Waals surface area contributed by atoms with Crippen LogP contribution in [0, 0.1) is 0 Å². The van der Waals surface area contributed by atoms with Gasteiger partial charge >= 0.3 is 0 Å². The van der Waals surface area contributed by atoms with Crippen LogP contribution in [-0.2, 0) is 13.0 Å². The number of hydrogen-bond acceptors (Lipinski definition) is 2. The van der Waals surface area contributed by atoms with Gasteiger partial charge in [0.2, 0.25) is 0 Å². The van der Waals surface area contributed by atoms with E-state index in [1.165, 1.54) is 16.3 Å². The summed E-state index contributed by atoms with van der Waals surface area (Å²) in [4.78, 5) is 6.44. The van der Waals surface area contributed by atoms with E-state index in [0.717, 1.165) is 19.5 Å². The van der Waals surface area contributed by atoms with Crippen LogP contribution in [0.25, 0.3) is 0 Å². The first-order chi connectivity index (χ1) is 9.95. The summed E-state index contributed by atoms with van der Waals surface area (Å²) in [5, 5.41) is 1.53. The summed E-state index contributed by atoms with van der Waals surface area (Å²) in [5.41, 5.74) is 2.75. The van der Waals surface area contributed by atoms with Gasteiger partial charge in [-0.3, -0.25) is 4.98 Å². The van der Waals surface area contributed by atoms with E-state index in [1.807, 2.05) is 12.4 Å². The van der Waals surface area contributed by atoms with E-state index in [0.29, 0.717) is 0 Å². The highest BCUT2D eigenvalue weighted by Gasteiger charge is 2.15. The number of benzene rings is 1. The Balaban J connectivity index is 1.86. The Morgan fingerprint density at radius 3 is 2.10 bits per heavy atom. The third-order valence-electron chi connectivity index (χ3n) is 3.80. The molecule has 0 unspecified atom stereocenters. The Morgan fingerprint density at radius 1 is 0.905 bits per heavy atom. The topological polar surface area (TPSA) is 16.1 Å². The van der Waals surface area contributed by atoms with Gasteiger partial charge in [-0.15, -0.1) is 0 Å². The summed E-state index contributed by atoms with van der Waals surface area (Å²) < 4.78 is 0. The maximum atomic E-state index is 4.06. The standard InChI is InChI=1S/C18H26N2Si/c1-20(14-11-16-9-12-19-13-10-16)15-17-5-7-18(8-6-17)21(2,3)4/h5-10,12-13H,11,14-15H2,1-4H3. The molecule has 0 atom stereocenters. The Morgan fingerprint density at radius 2 is 1.52 bits per heavy atom. The predicted molar refractivity (Wildman–Crippen MR) is 93.7 cm³/mol. The van der Waals surface area contributed by atoms with Crippen molar-refractivity contribution in [2.45, 2.75) is 32.6 Å². The number of likely N-dealkylation sites (N-methyl/N-ethyl adjacent to an activating group) is 1. The van der Waals surface area contributed by atoms with E-state index in [-0.39, 0.29) is 0 Å². The number of hydrogen-bond donors (Lipinski definition) is 0. The second-order valence-corrected chi connectivity index (χ2v) is 11.9. The molecule has 0 fully saturated rings. The molecule has 0 spiro atoms. The molecular formula is C18H26N2Si. The molecule has 0 aliphatic rings. The summed E-state index contributed by atoms with van der Waals surface area (Å²) in [7, 11) is 1.01. The molecule has 0 bridgehead atoms. The summed E-state index contributed by atoms with van der Waals surface area (Å²) in [6, 6.07) is 13.4. The molecule has 0 saturated heterocycles. The molecule has 3 heteroatoms. The van der Waals surface area contributed by atoms with Gasteiger partial charge in [-0.1, -0.05) is 49.1 Å². The van der Waals surface area contributed by atoms with Crippen LogP contribution in [0.15, 0.2) is 48.8 Å². The van der Waals surface area contributed by atoms with Crippen LogP contribution in [0.5, 0.6) is 0 Å². The van der Waals surface area contributed by atoms with Crippen LogP contribution in [0.4, 0.5) is 0 Å². The molecule has 0 radical (unpaired) electrons. The monoisotopic (exact) mass is 298 g/mol. The first kappa shape index (κ1) is 15.9. The lowest BCUT2D eigenvalue weighted by atomic mass is 10.2. The molecule has 1 heterocycles. The third-order valence-corrected chi connectivity index (χ3v) is 5.87. The molecule has 0 N–H and O–H groups in total. The summed E-state index contributed by atoms with van der Waals surface area (Å²) >= 11 is 0. The minimum absolute atomic E-state index is 1.01. The zero-order valence-electron chi connectivity index (χ0n) is 13.6. The van der Waals surface area contributed by atoms with Crippen molar-refractivity contribution in [3.05, 3.63) is 59.9 Å². The van der Waals surface area contributed by atoms with Crippen molar-refractivity contribution in [2.24, 2.45) is 0 Å². The Kier molecular flexibility index (Phi) is 5.31. The van der Waals surface area contributed by atoms with Crippen molar-refractivity contribution in [3.8, 4) is 0 Å². The summed E-state index contributed by atoms with van der Waals surface area (Å²) in [5.74, 6) is 0. The highest BCUT2D eigenvalue weighted by atomic mass is 28.3. The van der Waals surface area contributed by atoms with Gasteiger partial charge < -0.3 is 4.90 Å². The lowest BCUT2D eigenvalue weighted by Crippen LogP contribution is -2.37. The van der Waals surface area contributed by atoms with Crippen molar-refractivity contribution < 1.29 is 0 Å². The first-order valence-corrected chi connectivity index (χ1v) is 11.1. The molecule has 2 aromatic rings. The van der Waals surface area contributed by atoms with Gasteiger partial charge in [0.25, 0.3) is 0 Å². The molecule has 2 nitrogen and oxygen atoms in total. The number of nitrogens with zero attached hydrogens (tertiary/aromatic N) is 2. The molecule has 112 valence electrons. The molecular weight excluding hydrogens is 272 g/mol. The van der Waals surface area contributed by atoms with Gasteiger partial charge in [0.1, 0.15) is 0 Å². The fourth-order valence-corrected chi connectivity index (χ4v) is 3.54. The normalized spacial score (nSPS) is 11.9. The average molecular weight is 299 g/mol. The Bertz CT molecular complexity index is 544. The highest BCUT2D eigenvalue weighted by molar-refractivity contribution is 6.88. The molecule has 21 heavy (non-hydrogen) atoms. The van der Waals surface area contributed by atoms with Crippen LogP contribution in [0.2, 0.25) is 19.6 Å². The Labute approximate surface area is 129 Å². The SMILES string of the molecule is CN(CCc1ccncc1)Cc1ccc([Si](C)(C)C)cc1. The van der Waals surface area contributed by atoms with E-state index in [2.05, 4.69) is 73.0 Å². The van der Waals surface area contributed by atoms with Crippen molar-refractivity contribution in [1.82, 2.24) is 9.88 Å². The second kappa shape index (κ2) is 7.01. The Hall–Kier alpha value is -1.45. The van der Waals surface area contributed by atoms with Crippen molar-refractivity contribution in [2.75, 3.05) is 13.6 Å². The van der Waals surface area contributed by atoms with Crippen LogP contribution in [0.3, 0.4) is 0 Å². The van der Waals surface area contributed by atoms with Gasteiger partial charge in [0, 0.05) is 25.5 Å². The van der Waals surface area contributed by atoms with E-state index in [4.69, 9.17) is 0 Å². The van der Waals surface area contributed by atoms with E-state index < -0.39 is 8.07 Å². The molecule has 0 aliphatic carbocycles. The fourth-order valence-electron chi connectivity index (χ4n) is 2.37. The maximum absolute atomic E-state index is 4.06. The molecule has 0 saturated carbocycles. The molecule has 0 amide bonds. The molecule has 0 aliphatic heterocycles. The number of aromatic nitrogens is 1. The summed E-state index contributed by atoms with van der Waals surface area (Å²) in [6.07, 6.45) is 4.81. The van der Waals surface area contributed by atoms with Crippen LogP contribution in [0.1, 0.15) is 11.1 Å². The van der Waals surface area contributed by atoms with Gasteiger partial charge in [0.15, 0.2) is 0 Å². The van der Waals surface area contributed by atoms with Crippen molar-refractivity contribution in [3.63, 3.8) is 0 Å². The van der Waals surface area contributed by atoms with Gasteiger partial charge in [0.05, 0.1) is 8.07 Å². The van der Waals surface area contributed by atoms with E-state index in [9.17, 15) is 0 Å². The quantitative estimate of drug-likeness (QED) is 0.761. The van der Waals surface area contributed by atoms with Crippen molar-refractivity contribution >= 4 is 13.3 Å². The third kappa shape index (κ3) is 5.10. The molecule has 2 rings (SSSR count). The van der Waals surface area contributed by atoms with Gasteiger partial charge in [-0.2, -0.15) is 0 Å². The minimum Gasteiger partial charge on any atom is -0.302 e. The van der Waals surface area contributed by atoms with Gasteiger partial charge in [-0.05, 0) is 36.7 Å². The summed E-state index contributed by atoms with van der Waals surface area (Å²) in [6.45, 7) is 9.26. The zero-order valence-corrected chi connectivity index (χ0v) is 14.6. The zero-order chi connectivity index (χ0) is 15.3. The number of rotatable bonds is 6. The maximum Gasteiger partial charge on any atom is 0.0775 e. The van der Waals surface area contributed by atoms with E-state index >= 15 is 0 Å². The van der Waals surface area contributed by atoms with Crippen LogP contribution in [-0.4, -0.2) is 31.6 Å². The molecule has 1 aromatic carbocycles. The largest absolute Gasteiger partial charge is 0.302 e. The van der Waals surface area contributed by atoms with Gasteiger partial charge in [-0.25, -0.2) is 0 Å². The highest BCUT2D eigenvalue weighted by Crippen LogP contribution is 2.07. The average Bonchev–Trinajstić information content (AvgIpc) is 2.46. The van der Waals surface area contributed by atoms with Crippen molar-refractivity contribution in [1.29, 1.82) is 0 Å². The predicted octanol–water partition coefficient (Wildman–Crippen LogP) is 3.30. The lowest BCUT2D eigenvalue weighted by Gasteiger charge is -2.19. The smallest absolute Gasteiger partial charge is 0.0775 e. The second-order valence-electron chi connectivity index (χ2n) is 6.79. The van der Waals surface area contributed by atoms with Crippen LogP contribution < -0.4 is 5.19 Å². The van der Waals surface area contributed by atoms with Crippen LogP contribution >= 0.6 is 0 Å². The number of pyridine rings is 1. The first-order valence-electron chi connectivity index (χ1n) is 7.62. The molecule has 1 aromatic heterocycles. The fraction of sp³-hybridized carbons (Fsp3) is 0.389. The van der Waals surface area contributed by atoms with E-state index in [1.54, 1.807) is 0 Å². The minimum atomic E-state index is -1.18. The lowest BCUT2D eigenvalue weighted by molar-refractivity contribution is 0.331.